The Bertz CT molecular complexity index is 1700. The summed E-state index contributed by atoms with van der Waals surface area (Å²) in [5.74, 6) is -1.51. The lowest BCUT2D eigenvalue weighted by molar-refractivity contribution is -0.870. The summed E-state index contributed by atoms with van der Waals surface area (Å²) in [5, 5.41) is 8.67. The van der Waals surface area contributed by atoms with Gasteiger partial charge in [0.25, 0.3) is 11.8 Å². The van der Waals surface area contributed by atoms with E-state index < -0.39 is 29.5 Å². The third-order valence-corrected chi connectivity index (χ3v) is 8.20. The van der Waals surface area contributed by atoms with Crippen LogP contribution in [-0.2, 0) is 25.7 Å². The third-order valence-electron chi connectivity index (χ3n) is 8.20. The van der Waals surface area contributed by atoms with Gasteiger partial charge in [0.1, 0.15) is 6.04 Å². The molecule has 1 fully saturated rings. The summed E-state index contributed by atoms with van der Waals surface area (Å²) in [6.07, 6.45) is 3.41. The Morgan fingerprint density at radius 3 is 2.30 bits per heavy atom. The molecule has 3 aromatic rings. The molecule has 2 aromatic carbocycles. The van der Waals surface area contributed by atoms with Gasteiger partial charge in [-0.05, 0) is 42.7 Å². The first-order valence-electron chi connectivity index (χ1n) is 16.0. The lowest BCUT2D eigenvalue weighted by Gasteiger charge is -2.23. The Balaban J connectivity index is 0.00000676. The summed E-state index contributed by atoms with van der Waals surface area (Å²) < 4.78 is 16.8. The number of anilines is 1. The number of hydrogen-bond acceptors (Lipinski definition) is 9. The molecule has 4 amide bonds. The standard InChI is InChI=1S/C35H44N6O8.HI/c1-41(2,3)17-9-13-29(42)39-25-11-7-10-23-24(14-15-36-31(23)25)34(45)38-21-30(43)40-16-8-12-26(40)32(44)35(46)37-20-22-18-27(47-4)33(49-6)28(19-22)48-5;/h7,10-11,14-15,18-19,26H,8-9,12-13,16-17,20-21H2,1-6H3,(H2-,37,38,39,42,45,46);1H/t26-;/m0./s1. The largest absolute Gasteiger partial charge is 1.00 e. The summed E-state index contributed by atoms with van der Waals surface area (Å²) in [4.78, 5) is 70.8. The predicted octanol–water partition coefficient (Wildman–Crippen LogP) is -0.704. The zero-order chi connectivity index (χ0) is 35.7. The number of fused-ring (bicyclic) bond motifs is 1. The molecule has 1 aromatic heterocycles. The monoisotopic (exact) mass is 804 g/mol. The second kappa shape index (κ2) is 17.9. The maximum absolute atomic E-state index is 13.3. The fourth-order valence-electron chi connectivity index (χ4n) is 5.75. The number of amides is 4. The number of quaternary nitrogens is 1. The molecular weight excluding hydrogens is 759 g/mol. The summed E-state index contributed by atoms with van der Waals surface area (Å²) in [7, 11) is 10.6. The second-order valence-corrected chi connectivity index (χ2v) is 12.7. The third kappa shape index (κ3) is 10.0. The number of rotatable bonds is 15. The first-order valence-corrected chi connectivity index (χ1v) is 16.0. The van der Waals surface area contributed by atoms with Crippen LogP contribution in [0.25, 0.3) is 10.9 Å². The quantitative estimate of drug-likeness (QED) is 0.102. The van der Waals surface area contributed by atoms with Gasteiger partial charge in [0, 0.05) is 37.5 Å². The number of ether oxygens (including phenoxy) is 3. The molecule has 1 atom stereocenters. The van der Waals surface area contributed by atoms with Crippen LogP contribution in [0.3, 0.4) is 0 Å². The van der Waals surface area contributed by atoms with Gasteiger partial charge >= 0.3 is 0 Å². The highest BCUT2D eigenvalue weighted by atomic mass is 127. The smallest absolute Gasteiger partial charge is 0.289 e. The fraction of sp³-hybridized carbons (Fsp3) is 0.429. The number of nitrogens with zero attached hydrogens (tertiary/aromatic N) is 3. The Labute approximate surface area is 308 Å². The van der Waals surface area contributed by atoms with Crippen molar-refractivity contribution in [3.05, 3.63) is 53.7 Å². The lowest BCUT2D eigenvalue weighted by Crippen LogP contribution is -3.00. The van der Waals surface area contributed by atoms with Crippen molar-refractivity contribution in [3.63, 3.8) is 0 Å². The number of pyridine rings is 1. The van der Waals surface area contributed by atoms with Crippen molar-refractivity contribution >= 4 is 46.0 Å². The number of para-hydroxylation sites is 1. The van der Waals surface area contributed by atoms with Crippen molar-refractivity contribution in [1.29, 1.82) is 0 Å². The van der Waals surface area contributed by atoms with Crippen LogP contribution in [0, 0.1) is 0 Å². The van der Waals surface area contributed by atoms with E-state index in [0.717, 1.165) is 17.4 Å². The minimum Gasteiger partial charge on any atom is -1.00 e. The number of benzene rings is 2. The van der Waals surface area contributed by atoms with Crippen molar-refractivity contribution < 1.29 is 66.6 Å². The van der Waals surface area contributed by atoms with Gasteiger partial charge in [0.05, 0.1) is 72.3 Å². The molecule has 50 heavy (non-hydrogen) atoms. The van der Waals surface area contributed by atoms with Crippen LogP contribution >= 0.6 is 0 Å². The summed E-state index contributed by atoms with van der Waals surface area (Å²) in [5.41, 5.74) is 1.83. The van der Waals surface area contributed by atoms with Crippen LogP contribution in [0.5, 0.6) is 17.2 Å². The molecule has 0 saturated carbocycles. The molecule has 14 nitrogen and oxygen atoms in total. The van der Waals surface area contributed by atoms with Gasteiger partial charge in [-0.3, -0.25) is 29.0 Å². The number of likely N-dealkylation sites (tertiary alicyclic amines) is 1. The molecule has 1 aliphatic heterocycles. The summed E-state index contributed by atoms with van der Waals surface area (Å²) in [6, 6.07) is 9.09. The van der Waals surface area contributed by atoms with E-state index in [1.54, 1.807) is 30.3 Å². The van der Waals surface area contributed by atoms with Gasteiger partial charge < -0.3 is 63.5 Å². The fourth-order valence-corrected chi connectivity index (χ4v) is 5.75. The van der Waals surface area contributed by atoms with Gasteiger partial charge in [0.15, 0.2) is 11.5 Å². The summed E-state index contributed by atoms with van der Waals surface area (Å²) >= 11 is 0. The van der Waals surface area contributed by atoms with Gasteiger partial charge in [-0.15, -0.1) is 0 Å². The number of nitrogens with one attached hydrogen (secondary N) is 3. The minimum absolute atomic E-state index is 0. The van der Waals surface area contributed by atoms with Crippen molar-refractivity contribution in [2.45, 2.75) is 38.3 Å². The topological polar surface area (TPSA) is 165 Å². The van der Waals surface area contributed by atoms with E-state index >= 15 is 0 Å². The average Bonchev–Trinajstić information content (AvgIpc) is 3.58. The van der Waals surface area contributed by atoms with Crippen LogP contribution in [0.4, 0.5) is 5.69 Å². The highest BCUT2D eigenvalue weighted by molar-refractivity contribution is 6.38. The highest BCUT2D eigenvalue weighted by Gasteiger charge is 2.37. The van der Waals surface area contributed by atoms with Gasteiger partial charge in [-0.2, -0.15) is 0 Å². The van der Waals surface area contributed by atoms with Crippen molar-refractivity contribution in [2.75, 3.05) is 67.4 Å². The molecule has 15 heteroatoms. The normalized spacial score (nSPS) is 14.0. The van der Waals surface area contributed by atoms with E-state index in [1.165, 1.54) is 38.5 Å². The number of ketones is 1. The van der Waals surface area contributed by atoms with Crippen LogP contribution in [0.2, 0.25) is 0 Å². The number of carbonyl (C=O) groups excluding carboxylic acids is 5. The number of aromatic nitrogens is 1. The zero-order valence-corrected chi connectivity index (χ0v) is 31.4. The summed E-state index contributed by atoms with van der Waals surface area (Å²) in [6.45, 7) is 0.768. The molecule has 0 radical (unpaired) electrons. The van der Waals surface area contributed by atoms with Gasteiger partial charge in [-0.25, -0.2) is 0 Å². The first-order chi connectivity index (χ1) is 23.4. The van der Waals surface area contributed by atoms with E-state index in [-0.39, 0.29) is 55.1 Å². The predicted molar refractivity (Wildman–Crippen MR) is 183 cm³/mol. The van der Waals surface area contributed by atoms with Crippen molar-refractivity contribution in [2.24, 2.45) is 0 Å². The Kier molecular flexibility index (Phi) is 14.3. The molecule has 0 bridgehead atoms. The van der Waals surface area contributed by atoms with Crippen LogP contribution < -0.4 is 54.1 Å². The minimum atomic E-state index is -0.945. The highest BCUT2D eigenvalue weighted by Crippen LogP contribution is 2.38. The van der Waals surface area contributed by atoms with Crippen LogP contribution in [0.15, 0.2) is 42.6 Å². The first kappa shape index (κ1) is 39.9. The van der Waals surface area contributed by atoms with E-state index in [9.17, 15) is 24.0 Å². The molecule has 270 valence electrons. The van der Waals surface area contributed by atoms with Gasteiger partial charge in [0.2, 0.25) is 23.3 Å². The van der Waals surface area contributed by atoms with Crippen molar-refractivity contribution in [3.8, 4) is 17.2 Å². The van der Waals surface area contributed by atoms with Crippen molar-refractivity contribution in [1.82, 2.24) is 20.5 Å². The van der Waals surface area contributed by atoms with E-state index in [2.05, 4.69) is 42.1 Å². The molecule has 1 saturated heterocycles. The molecule has 0 unspecified atom stereocenters. The SMILES string of the molecule is COc1cc(CNC(=O)C(=O)[C@@H]2CCCN2C(=O)CNC(=O)c2ccnc3c(NC(=O)CCC[N+](C)(C)C)cccc23)cc(OC)c1OC.[I-]. The number of halogens is 1. The Morgan fingerprint density at radius 2 is 1.66 bits per heavy atom. The molecule has 3 N–H and O–H groups in total. The maximum Gasteiger partial charge on any atom is 0.289 e. The van der Waals surface area contributed by atoms with Crippen LogP contribution in [0.1, 0.15) is 41.6 Å². The molecule has 1 aliphatic rings. The Hall–Kier alpha value is -4.51. The molecule has 4 rings (SSSR count). The maximum atomic E-state index is 13.3. The number of Topliss-reactive ketones (excluding diaryl/α,β-unsaturated/α-hetero) is 1. The second-order valence-electron chi connectivity index (χ2n) is 12.7. The molecule has 2 heterocycles. The molecular formula is C35H45IN6O8. The number of hydrogen-bond donors (Lipinski definition) is 3. The zero-order valence-electron chi connectivity index (χ0n) is 29.3. The molecule has 0 spiro atoms. The number of methoxy groups -OCH3 is 3. The van der Waals surface area contributed by atoms with E-state index in [1.807, 2.05) is 0 Å². The van der Waals surface area contributed by atoms with E-state index in [4.69, 9.17) is 14.2 Å². The number of carbonyl (C=O) groups is 5. The van der Waals surface area contributed by atoms with E-state index in [0.29, 0.717) is 58.7 Å². The molecule has 0 aliphatic carbocycles. The van der Waals surface area contributed by atoms with Gasteiger partial charge in [-0.1, -0.05) is 12.1 Å². The lowest BCUT2D eigenvalue weighted by atomic mass is 10.1. The average molecular weight is 805 g/mol. The van der Waals surface area contributed by atoms with Crippen LogP contribution in [-0.4, -0.2) is 112 Å². The Morgan fingerprint density at radius 1 is 0.960 bits per heavy atom.